The number of fused-ring (bicyclic) bond motifs is 2. The van der Waals surface area contributed by atoms with Crippen molar-refractivity contribution < 1.29 is 18.3 Å². The average Bonchev–Trinajstić information content (AvgIpc) is 4.19. The Hall–Kier alpha value is -6.96. The SMILES string of the molecule is COc1ccc(Cc2ccc(OC)c(C3SC4C(=NN(Cc5ccccc5)C4c4ccc(F)cc4)N3c3ccc(Cl)cc3)c2)cc1C1SC2C(=NN(Cc3ccccc3)C2c2ccc(F)cc2)N1c1ccc(Cl)cc1. The fourth-order valence-corrected chi connectivity index (χ4v) is 14.4. The molecule has 6 unspecified atom stereocenters. The van der Waals surface area contributed by atoms with Crippen molar-refractivity contribution in [2.45, 2.75) is 52.8 Å². The zero-order chi connectivity index (χ0) is 51.2. The summed E-state index contributed by atoms with van der Waals surface area (Å²) in [6.07, 6.45) is 0.617. The van der Waals surface area contributed by atoms with Gasteiger partial charge in [-0.25, -0.2) is 8.78 Å². The molecule has 2 fully saturated rings. The molecule has 0 aliphatic carbocycles. The first-order valence-corrected chi connectivity index (χ1v) is 27.4. The first-order valence-electron chi connectivity index (χ1n) is 24.7. The van der Waals surface area contributed by atoms with Gasteiger partial charge in [-0.15, -0.1) is 23.5 Å². The van der Waals surface area contributed by atoms with Crippen LogP contribution in [0.3, 0.4) is 0 Å². The van der Waals surface area contributed by atoms with E-state index in [1.807, 2.05) is 133 Å². The van der Waals surface area contributed by atoms with Crippen molar-refractivity contribution >= 4 is 69.8 Å². The van der Waals surface area contributed by atoms with Crippen LogP contribution < -0.4 is 19.3 Å². The van der Waals surface area contributed by atoms with Crippen molar-refractivity contribution in [1.29, 1.82) is 0 Å². The summed E-state index contributed by atoms with van der Waals surface area (Å²) >= 11 is 16.7. The van der Waals surface area contributed by atoms with Crippen LogP contribution in [0.4, 0.5) is 20.2 Å². The molecule has 6 atom stereocenters. The van der Waals surface area contributed by atoms with E-state index in [9.17, 15) is 8.78 Å². The largest absolute Gasteiger partial charge is 0.496 e. The maximum absolute atomic E-state index is 14.5. The number of thioether (sulfide) groups is 2. The summed E-state index contributed by atoms with van der Waals surface area (Å²) in [5.74, 6) is 2.77. The minimum absolute atomic E-state index is 0.109. The molecule has 0 saturated carbocycles. The number of halogens is 4. The Balaban J connectivity index is 0.910. The molecule has 0 aromatic heterocycles. The lowest BCUT2D eigenvalue weighted by atomic mass is 9.99. The van der Waals surface area contributed by atoms with Crippen LogP contribution in [0.1, 0.15) is 67.3 Å². The third-order valence-electron chi connectivity index (χ3n) is 14.2. The highest BCUT2D eigenvalue weighted by atomic mass is 35.5. The van der Waals surface area contributed by atoms with E-state index in [2.05, 4.69) is 80.5 Å². The highest BCUT2D eigenvalue weighted by molar-refractivity contribution is 8.01. The fraction of sp³-hybridized carbons (Fsp3) is 0.180. The molecule has 0 spiro atoms. The van der Waals surface area contributed by atoms with E-state index in [0.717, 1.165) is 79.1 Å². The average molecular weight is 1070 g/mol. The second kappa shape index (κ2) is 21.0. The zero-order valence-corrected chi connectivity index (χ0v) is 44.0. The molecule has 376 valence electrons. The maximum atomic E-state index is 14.5. The van der Waals surface area contributed by atoms with Gasteiger partial charge in [-0.2, -0.15) is 10.2 Å². The molecule has 4 aliphatic heterocycles. The van der Waals surface area contributed by atoms with Gasteiger partial charge in [0.2, 0.25) is 0 Å². The predicted octanol–water partition coefficient (Wildman–Crippen LogP) is 15.3. The number of hydrazone groups is 2. The molecule has 4 aliphatic rings. The van der Waals surface area contributed by atoms with Gasteiger partial charge in [0, 0.05) is 32.5 Å². The van der Waals surface area contributed by atoms with Crippen LogP contribution in [0.2, 0.25) is 10.0 Å². The van der Waals surface area contributed by atoms with E-state index in [4.69, 9.17) is 42.9 Å². The molecule has 4 heterocycles. The number of amidine groups is 2. The van der Waals surface area contributed by atoms with Crippen LogP contribution in [0.5, 0.6) is 11.5 Å². The molecule has 14 heteroatoms. The van der Waals surface area contributed by atoms with E-state index in [1.165, 1.54) is 24.3 Å². The van der Waals surface area contributed by atoms with Crippen LogP contribution >= 0.6 is 46.7 Å². The summed E-state index contributed by atoms with van der Waals surface area (Å²) in [7, 11) is 3.43. The van der Waals surface area contributed by atoms with Gasteiger partial charge >= 0.3 is 0 Å². The Labute approximate surface area is 454 Å². The summed E-state index contributed by atoms with van der Waals surface area (Å²) in [6, 6.07) is 62.7. The molecule has 2 saturated heterocycles. The lowest BCUT2D eigenvalue weighted by Crippen LogP contribution is -2.31. The molecule has 0 bridgehead atoms. The van der Waals surface area contributed by atoms with E-state index < -0.39 is 0 Å². The van der Waals surface area contributed by atoms with Crippen molar-refractivity contribution in [2.75, 3.05) is 24.0 Å². The molecule has 0 radical (unpaired) electrons. The second-order valence-corrected chi connectivity index (χ2v) is 22.2. The van der Waals surface area contributed by atoms with Gasteiger partial charge in [-0.05, 0) is 137 Å². The van der Waals surface area contributed by atoms with Crippen LogP contribution in [-0.2, 0) is 19.5 Å². The number of nitrogens with zero attached hydrogens (tertiary/aromatic N) is 6. The Kier molecular flexibility index (Phi) is 13.7. The van der Waals surface area contributed by atoms with Crippen molar-refractivity contribution in [3.63, 3.8) is 0 Å². The van der Waals surface area contributed by atoms with Crippen molar-refractivity contribution in [3.05, 3.63) is 260 Å². The minimum atomic E-state index is -0.281. The number of anilines is 2. The monoisotopic (exact) mass is 1070 g/mol. The fourth-order valence-electron chi connectivity index (χ4n) is 10.8. The lowest BCUT2D eigenvalue weighted by molar-refractivity contribution is 0.227. The Morgan fingerprint density at radius 2 is 0.853 bits per heavy atom. The van der Waals surface area contributed by atoms with Gasteiger partial charge in [0.25, 0.3) is 0 Å². The van der Waals surface area contributed by atoms with Crippen molar-refractivity contribution in [2.24, 2.45) is 10.2 Å². The van der Waals surface area contributed by atoms with E-state index >= 15 is 0 Å². The number of benzene rings is 8. The van der Waals surface area contributed by atoms with E-state index in [0.29, 0.717) is 29.6 Å². The number of rotatable bonds is 14. The second-order valence-electron chi connectivity index (χ2n) is 18.9. The number of hydrogen-bond acceptors (Lipinski definition) is 10. The smallest absolute Gasteiger partial charge is 0.146 e. The molecule has 0 N–H and O–H groups in total. The van der Waals surface area contributed by atoms with E-state index in [-0.39, 0.29) is 45.0 Å². The molecular formula is C61H50Cl2F2N6O2S2. The highest BCUT2D eigenvalue weighted by Crippen LogP contribution is 2.57. The summed E-state index contributed by atoms with van der Waals surface area (Å²) in [5.41, 5.74) is 10.3. The Bertz CT molecular complexity index is 3170. The number of ether oxygens (including phenoxy) is 2. The first kappa shape index (κ1) is 48.9. The van der Waals surface area contributed by atoms with Crippen LogP contribution in [0.25, 0.3) is 0 Å². The summed E-state index contributed by atoms with van der Waals surface area (Å²) in [5, 5.41) is 15.7. The zero-order valence-electron chi connectivity index (χ0n) is 40.9. The maximum Gasteiger partial charge on any atom is 0.146 e. The minimum Gasteiger partial charge on any atom is -0.496 e. The predicted molar refractivity (Wildman–Crippen MR) is 302 cm³/mol. The number of hydrogen-bond donors (Lipinski definition) is 0. The molecular weight excluding hydrogens is 1020 g/mol. The first-order chi connectivity index (χ1) is 36.7. The molecule has 8 aromatic carbocycles. The lowest BCUT2D eigenvalue weighted by Gasteiger charge is -2.30. The Morgan fingerprint density at radius 3 is 1.23 bits per heavy atom. The van der Waals surface area contributed by atoms with E-state index in [1.54, 1.807) is 14.2 Å². The Morgan fingerprint density at radius 1 is 0.467 bits per heavy atom. The highest BCUT2D eigenvalue weighted by Gasteiger charge is 2.53. The molecule has 12 rings (SSSR count). The van der Waals surface area contributed by atoms with Gasteiger partial charge in [0.1, 0.15) is 45.6 Å². The van der Waals surface area contributed by atoms with Gasteiger partial charge in [0.15, 0.2) is 0 Å². The van der Waals surface area contributed by atoms with Crippen LogP contribution in [0, 0.1) is 11.6 Å². The topological polar surface area (TPSA) is 56.1 Å². The van der Waals surface area contributed by atoms with Crippen LogP contribution in [-0.4, -0.2) is 46.4 Å². The van der Waals surface area contributed by atoms with Crippen molar-refractivity contribution in [3.8, 4) is 11.5 Å². The molecule has 8 nitrogen and oxygen atoms in total. The standard InChI is InChI=1S/C61H50Cl2F2N6O2S2/c1-72-52-31-13-40(34-50(52)60-70(48-27-19-44(62)20-28-48)58-56(74-60)54(42-15-23-46(64)24-16-42)68(66-58)36-38-9-5-3-6-10-38)33-41-14-32-53(73-2)51(35-41)61-71(49-29-21-45(63)22-30-49)59-57(75-61)55(43-17-25-47(65)26-18-43)69(67-59)37-39-11-7-4-8-12-39/h3-32,34-35,54-57,60-61H,33,36-37H2,1-2H3. The normalized spacial score (nSPS) is 20.8. The quantitative estimate of drug-likeness (QED) is 0.107. The third kappa shape index (κ3) is 9.69. The van der Waals surface area contributed by atoms with Crippen LogP contribution in [0.15, 0.2) is 204 Å². The molecule has 75 heavy (non-hydrogen) atoms. The third-order valence-corrected chi connectivity index (χ3v) is 17.7. The summed E-state index contributed by atoms with van der Waals surface area (Å²) < 4.78 is 41.4. The van der Waals surface area contributed by atoms with Gasteiger partial charge in [-0.1, -0.05) is 120 Å². The molecule has 0 amide bonds. The van der Waals surface area contributed by atoms with Gasteiger partial charge in [0.05, 0.1) is 49.9 Å². The summed E-state index contributed by atoms with van der Waals surface area (Å²) in [6.45, 7) is 1.16. The van der Waals surface area contributed by atoms with Gasteiger partial charge in [-0.3, -0.25) is 10.0 Å². The molecule has 8 aromatic rings. The van der Waals surface area contributed by atoms with Crippen molar-refractivity contribution in [1.82, 2.24) is 10.0 Å². The summed E-state index contributed by atoms with van der Waals surface area (Å²) in [4.78, 5) is 4.62. The van der Waals surface area contributed by atoms with Gasteiger partial charge < -0.3 is 19.3 Å². The number of methoxy groups -OCH3 is 2.